The van der Waals surface area contributed by atoms with Gasteiger partial charge >= 0.3 is 0 Å². The molecule has 0 saturated heterocycles. The third kappa shape index (κ3) is 4.65. The van der Waals surface area contributed by atoms with Crippen molar-refractivity contribution >= 4 is 23.2 Å². The summed E-state index contributed by atoms with van der Waals surface area (Å²) in [5.41, 5.74) is 2.28. The van der Waals surface area contributed by atoms with Gasteiger partial charge in [-0.3, -0.25) is 4.79 Å². The van der Waals surface area contributed by atoms with Crippen molar-refractivity contribution in [3.8, 4) is 17.2 Å². The van der Waals surface area contributed by atoms with E-state index in [1.54, 1.807) is 30.3 Å². The summed E-state index contributed by atoms with van der Waals surface area (Å²) >= 11 is 6.05. The van der Waals surface area contributed by atoms with Crippen LogP contribution in [0.2, 0.25) is 5.02 Å². The average molecular weight is 386 g/mol. The van der Waals surface area contributed by atoms with Crippen LogP contribution in [0.5, 0.6) is 5.75 Å². The van der Waals surface area contributed by atoms with Gasteiger partial charge in [-0.2, -0.15) is 4.98 Å². The predicted octanol–water partition coefficient (Wildman–Crippen LogP) is 4.84. The van der Waals surface area contributed by atoms with Crippen molar-refractivity contribution < 1.29 is 14.1 Å². The Hall–Kier alpha value is -2.86. The SMILES string of the molecule is Cc1c(Cl)cccc1NC(=O)COc1ccc(-c2nc(C(C)C)no2)cc1. The highest BCUT2D eigenvalue weighted by Gasteiger charge is 2.12. The molecule has 1 heterocycles. The molecular formula is C20H20ClN3O3. The number of aromatic nitrogens is 2. The van der Waals surface area contributed by atoms with Crippen molar-refractivity contribution in [2.24, 2.45) is 0 Å². The summed E-state index contributed by atoms with van der Waals surface area (Å²) in [6.07, 6.45) is 0. The number of amides is 1. The van der Waals surface area contributed by atoms with Gasteiger partial charge in [0.25, 0.3) is 11.8 Å². The van der Waals surface area contributed by atoms with Crippen molar-refractivity contribution in [3.63, 3.8) is 0 Å². The first-order valence-corrected chi connectivity index (χ1v) is 8.93. The highest BCUT2D eigenvalue weighted by Crippen LogP contribution is 2.24. The minimum atomic E-state index is -0.261. The highest BCUT2D eigenvalue weighted by atomic mass is 35.5. The Morgan fingerprint density at radius 2 is 1.96 bits per heavy atom. The largest absolute Gasteiger partial charge is 0.484 e. The molecule has 0 unspecified atom stereocenters. The second-order valence-electron chi connectivity index (χ2n) is 6.39. The van der Waals surface area contributed by atoms with Gasteiger partial charge in [0.2, 0.25) is 0 Å². The molecule has 0 aliphatic heterocycles. The van der Waals surface area contributed by atoms with E-state index in [1.165, 1.54) is 0 Å². The molecule has 0 atom stereocenters. The van der Waals surface area contributed by atoms with Crippen molar-refractivity contribution in [1.29, 1.82) is 0 Å². The first-order valence-electron chi connectivity index (χ1n) is 8.56. The number of carbonyl (C=O) groups excluding carboxylic acids is 1. The fourth-order valence-corrected chi connectivity index (χ4v) is 2.53. The smallest absolute Gasteiger partial charge is 0.262 e. The van der Waals surface area contributed by atoms with Crippen molar-refractivity contribution in [3.05, 3.63) is 58.9 Å². The molecule has 0 aliphatic rings. The Bertz CT molecular complexity index is 936. The van der Waals surface area contributed by atoms with Crippen LogP contribution in [0.1, 0.15) is 31.2 Å². The fraction of sp³-hybridized carbons (Fsp3) is 0.250. The molecule has 0 radical (unpaired) electrons. The number of rotatable bonds is 6. The minimum Gasteiger partial charge on any atom is -0.484 e. The normalized spacial score (nSPS) is 10.9. The lowest BCUT2D eigenvalue weighted by Crippen LogP contribution is -2.20. The summed E-state index contributed by atoms with van der Waals surface area (Å²) in [5, 5.41) is 7.34. The van der Waals surface area contributed by atoms with E-state index in [4.69, 9.17) is 20.9 Å². The van der Waals surface area contributed by atoms with Crippen LogP contribution in [-0.2, 0) is 4.79 Å². The van der Waals surface area contributed by atoms with Crippen LogP contribution in [0, 0.1) is 6.92 Å². The maximum Gasteiger partial charge on any atom is 0.262 e. The molecule has 3 rings (SSSR count). The topological polar surface area (TPSA) is 77.2 Å². The quantitative estimate of drug-likeness (QED) is 0.657. The molecule has 0 aliphatic carbocycles. The molecule has 6 nitrogen and oxygen atoms in total. The van der Waals surface area contributed by atoms with Crippen molar-refractivity contribution in [2.45, 2.75) is 26.7 Å². The Balaban J connectivity index is 1.58. The highest BCUT2D eigenvalue weighted by molar-refractivity contribution is 6.31. The monoisotopic (exact) mass is 385 g/mol. The number of hydrogen-bond donors (Lipinski definition) is 1. The number of ether oxygens (including phenoxy) is 1. The average Bonchev–Trinajstić information content (AvgIpc) is 3.15. The molecule has 0 bridgehead atoms. The van der Waals surface area contributed by atoms with E-state index in [0.717, 1.165) is 11.1 Å². The lowest BCUT2D eigenvalue weighted by Gasteiger charge is -2.10. The number of anilines is 1. The molecule has 0 spiro atoms. The number of nitrogens with one attached hydrogen (secondary N) is 1. The summed E-state index contributed by atoms with van der Waals surface area (Å²) in [6, 6.07) is 12.5. The zero-order chi connectivity index (χ0) is 19.4. The van der Waals surface area contributed by atoms with Crippen LogP contribution in [0.3, 0.4) is 0 Å². The number of nitrogens with zero attached hydrogens (tertiary/aromatic N) is 2. The van der Waals surface area contributed by atoms with Gasteiger partial charge < -0.3 is 14.6 Å². The molecule has 27 heavy (non-hydrogen) atoms. The van der Waals surface area contributed by atoms with Gasteiger partial charge in [0.15, 0.2) is 12.4 Å². The third-order valence-corrected chi connectivity index (χ3v) is 4.38. The Labute approximate surface area is 162 Å². The van der Waals surface area contributed by atoms with Gasteiger partial charge in [0, 0.05) is 22.2 Å². The second-order valence-corrected chi connectivity index (χ2v) is 6.79. The number of halogens is 1. The molecule has 1 aromatic heterocycles. The van der Waals surface area contributed by atoms with Crippen LogP contribution in [-0.4, -0.2) is 22.7 Å². The van der Waals surface area contributed by atoms with E-state index < -0.39 is 0 Å². The number of carbonyl (C=O) groups is 1. The second kappa shape index (κ2) is 8.22. The fourth-order valence-electron chi connectivity index (χ4n) is 2.36. The van der Waals surface area contributed by atoms with Gasteiger partial charge in [-0.1, -0.05) is 36.7 Å². The van der Waals surface area contributed by atoms with E-state index in [-0.39, 0.29) is 18.4 Å². The van der Waals surface area contributed by atoms with Crippen molar-refractivity contribution in [1.82, 2.24) is 10.1 Å². The summed E-state index contributed by atoms with van der Waals surface area (Å²) in [5.74, 6) is 1.63. The van der Waals surface area contributed by atoms with Crippen LogP contribution >= 0.6 is 11.6 Å². The molecule has 0 saturated carbocycles. The summed E-state index contributed by atoms with van der Waals surface area (Å²) in [6.45, 7) is 5.74. The first kappa shape index (κ1) is 18.9. The number of benzene rings is 2. The maximum absolute atomic E-state index is 12.1. The first-order chi connectivity index (χ1) is 12.9. The van der Waals surface area contributed by atoms with E-state index in [2.05, 4.69) is 15.5 Å². The Morgan fingerprint density at radius 1 is 1.22 bits per heavy atom. The van der Waals surface area contributed by atoms with Crippen LogP contribution in [0.4, 0.5) is 5.69 Å². The summed E-state index contributed by atoms with van der Waals surface area (Å²) in [7, 11) is 0. The molecule has 1 N–H and O–H groups in total. The molecule has 7 heteroatoms. The predicted molar refractivity (Wildman–Crippen MR) is 104 cm³/mol. The lowest BCUT2D eigenvalue weighted by molar-refractivity contribution is -0.118. The molecule has 3 aromatic rings. The zero-order valence-electron chi connectivity index (χ0n) is 15.3. The van der Waals surface area contributed by atoms with E-state index in [0.29, 0.717) is 28.2 Å². The van der Waals surface area contributed by atoms with Crippen LogP contribution in [0.25, 0.3) is 11.5 Å². The zero-order valence-corrected chi connectivity index (χ0v) is 16.1. The number of hydrogen-bond acceptors (Lipinski definition) is 5. The minimum absolute atomic E-state index is 0.108. The van der Waals surface area contributed by atoms with Gasteiger partial charge in [0.05, 0.1) is 0 Å². The van der Waals surface area contributed by atoms with Gasteiger partial charge in [0.1, 0.15) is 5.75 Å². The Morgan fingerprint density at radius 3 is 2.63 bits per heavy atom. The van der Waals surface area contributed by atoms with Gasteiger partial charge in [-0.05, 0) is 48.9 Å². The Kier molecular flexibility index (Phi) is 5.76. The van der Waals surface area contributed by atoms with Crippen LogP contribution < -0.4 is 10.1 Å². The maximum atomic E-state index is 12.1. The molecule has 0 fully saturated rings. The summed E-state index contributed by atoms with van der Waals surface area (Å²) in [4.78, 5) is 16.4. The summed E-state index contributed by atoms with van der Waals surface area (Å²) < 4.78 is 10.8. The van der Waals surface area contributed by atoms with Gasteiger partial charge in [-0.15, -0.1) is 0 Å². The van der Waals surface area contributed by atoms with E-state index in [1.807, 2.05) is 32.9 Å². The van der Waals surface area contributed by atoms with Crippen LogP contribution in [0.15, 0.2) is 47.0 Å². The lowest BCUT2D eigenvalue weighted by atomic mass is 10.2. The molecule has 140 valence electrons. The van der Waals surface area contributed by atoms with Gasteiger partial charge in [-0.25, -0.2) is 0 Å². The van der Waals surface area contributed by atoms with E-state index >= 15 is 0 Å². The van der Waals surface area contributed by atoms with Crippen molar-refractivity contribution in [2.75, 3.05) is 11.9 Å². The molecular weight excluding hydrogens is 366 g/mol. The van der Waals surface area contributed by atoms with E-state index in [9.17, 15) is 4.79 Å². The molecule has 2 aromatic carbocycles. The standard InChI is InChI=1S/C20H20ClN3O3/c1-12(2)19-23-20(27-24-19)14-7-9-15(10-8-14)26-11-18(25)22-17-6-4-5-16(21)13(17)3/h4-10,12H,11H2,1-3H3,(H,22,25). The third-order valence-electron chi connectivity index (χ3n) is 3.97. The molecule has 1 amide bonds.